The van der Waals surface area contributed by atoms with E-state index in [1.807, 2.05) is 5.38 Å². The van der Waals surface area contributed by atoms with Crippen LogP contribution >= 0.6 is 22.9 Å². The highest BCUT2D eigenvalue weighted by Gasteiger charge is 2.15. The van der Waals surface area contributed by atoms with E-state index in [1.54, 1.807) is 31.5 Å². The summed E-state index contributed by atoms with van der Waals surface area (Å²) in [6.45, 7) is 0. The largest absolute Gasteiger partial charge is 0.496 e. The molecule has 1 aromatic carbocycles. The van der Waals surface area contributed by atoms with Gasteiger partial charge in [0.15, 0.2) is 0 Å². The fraction of sp³-hybridized carbons (Fsp3) is 0.250. The monoisotopic (exact) mass is 269 g/mol. The fourth-order valence-corrected chi connectivity index (χ4v) is 2.43. The number of hydrogen-bond acceptors (Lipinski definition) is 4. The molecule has 1 aromatic heterocycles. The lowest BCUT2D eigenvalue weighted by atomic mass is 10.1. The third-order valence-electron chi connectivity index (χ3n) is 2.40. The molecule has 0 aliphatic heterocycles. The number of rotatable bonds is 4. The zero-order valence-electron chi connectivity index (χ0n) is 9.26. The van der Waals surface area contributed by atoms with Crippen molar-refractivity contribution in [3.63, 3.8) is 0 Å². The van der Waals surface area contributed by atoms with Crippen molar-refractivity contribution in [2.24, 2.45) is 0 Å². The van der Waals surface area contributed by atoms with Crippen molar-refractivity contribution in [1.82, 2.24) is 4.98 Å². The molecule has 0 aliphatic carbocycles. The number of aliphatic hydroxyl groups is 1. The van der Waals surface area contributed by atoms with E-state index >= 15 is 0 Å². The van der Waals surface area contributed by atoms with Gasteiger partial charge in [-0.15, -0.1) is 11.3 Å². The van der Waals surface area contributed by atoms with Gasteiger partial charge in [0, 0.05) is 28.6 Å². The van der Waals surface area contributed by atoms with Crippen molar-refractivity contribution in [3.8, 4) is 5.75 Å². The lowest BCUT2D eigenvalue weighted by Gasteiger charge is -2.14. The molecule has 1 N–H and O–H groups in total. The first-order chi connectivity index (χ1) is 8.20. The predicted molar refractivity (Wildman–Crippen MR) is 68.8 cm³/mol. The normalized spacial score (nSPS) is 12.4. The Kier molecular flexibility index (Phi) is 3.99. The third kappa shape index (κ3) is 2.97. The van der Waals surface area contributed by atoms with Gasteiger partial charge in [0.1, 0.15) is 5.75 Å². The van der Waals surface area contributed by atoms with Crippen LogP contribution in [0.2, 0.25) is 5.02 Å². The van der Waals surface area contributed by atoms with Gasteiger partial charge in [-0.05, 0) is 18.2 Å². The minimum atomic E-state index is -0.658. The maximum atomic E-state index is 10.2. The first kappa shape index (κ1) is 12.4. The van der Waals surface area contributed by atoms with Gasteiger partial charge in [-0.25, -0.2) is 4.98 Å². The topological polar surface area (TPSA) is 42.4 Å². The molecule has 0 fully saturated rings. The second-order valence-electron chi connectivity index (χ2n) is 3.53. The van der Waals surface area contributed by atoms with Gasteiger partial charge in [-0.2, -0.15) is 0 Å². The van der Waals surface area contributed by atoms with Crippen LogP contribution < -0.4 is 4.74 Å². The van der Waals surface area contributed by atoms with Crippen molar-refractivity contribution in [3.05, 3.63) is 45.4 Å². The molecule has 0 saturated heterocycles. The number of aliphatic hydroxyl groups excluding tert-OH is 1. The van der Waals surface area contributed by atoms with Gasteiger partial charge < -0.3 is 9.84 Å². The molecule has 3 nitrogen and oxygen atoms in total. The number of hydrogen-bond donors (Lipinski definition) is 1. The lowest BCUT2D eigenvalue weighted by molar-refractivity contribution is 0.174. The van der Waals surface area contributed by atoms with Crippen LogP contribution in [0.25, 0.3) is 0 Å². The van der Waals surface area contributed by atoms with E-state index in [4.69, 9.17) is 16.3 Å². The van der Waals surface area contributed by atoms with E-state index in [1.165, 1.54) is 11.3 Å². The summed E-state index contributed by atoms with van der Waals surface area (Å²) in [6, 6.07) is 5.21. The number of nitrogens with zero attached hydrogens (tertiary/aromatic N) is 1. The van der Waals surface area contributed by atoms with Crippen LogP contribution in [0.3, 0.4) is 0 Å². The van der Waals surface area contributed by atoms with Crippen molar-refractivity contribution in [2.75, 3.05) is 7.11 Å². The number of ether oxygens (including phenoxy) is 1. The summed E-state index contributed by atoms with van der Waals surface area (Å²) >= 11 is 7.44. The third-order valence-corrected chi connectivity index (χ3v) is 3.44. The Labute approximate surface area is 109 Å². The second-order valence-corrected chi connectivity index (χ2v) is 4.95. The minimum absolute atomic E-state index is 0.467. The first-order valence-electron chi connectivity index (χ1n) is 5.10. The molecular formula is C12H12ClNO2S. The maximum absolute atomic E-state index is 10.2. The van der Waals surface area contributed by atoms with Gasteiger partial charge in [0.2, 0.25) is 0 Å². The summed E-state index contributed by atoms with van der Waals surface area (Å²) < 4.78 is 5.20. The van der Waals surface area contributed by atoms with Gasteiger partial charge in [0.25, 0.3) is 0 Å². The summed E-state index contributed by atoms with van der Waals surface area (Å²) in [5.74, 6) is 0.637. The summed E-state index contributed by atoms with van der Waals surface area (Å²) in [4.78, 5) is 4.14. The van der Waals surface area contributed by atoms with Crippen molar-refractivity contribution >= 4 is 22.9 Å². The number of methoxy groups -OCH3 is 1. The predicted octanol–water partition coefficient (Wildman–Crippen LogP) is 3.08. The molecule has 0 radical (unpaired) electrons. The lowest BCUT2D eigenvalue weighted by Crippen LogP contribution is -2.04. The summed E-state index contributed by atoms with van der Waals surface area (Å²) in [7, 11) is 1.57. The fourth-order valence-electron chi connectivity index (χ4n) is 1.59. The standard InChI is InChI=1S/C12H12ClNO2S/c1-16-11-3-2-8(13)6-9(11)10(15)7-12-14-4-5-17-12/h2-6,10,15H,7H2,1H3. The molecule has 17 heavy (non-hydrogen) atoms. The van der Waals surface area contributed by atoms with Crippen LogP contribution in [-0.4, -0.2) is 17.2 Å². The summed E-state index contributed by atoms with van der Waals surface area (Å²) in [5, 5.41) is 13.5. The van der Waals surface area contributed by atoms with E-state index in [2.05, 4.69) is 4.98 Å². The van der Waals surface area contributed by atoms with E-state index in [0.717, 1.165) is 5.01 Å². The average molecular weight is 270 g/mol. The van der Waals surface area contributed by atoms with Crippen molar-refractivity contribution in [2.45, 2.75) is 12.5 Å². The van der Waals surface area contributed by atoms with Crippen LogP contribution in [0.4, 0.5) is 0 Å². The minimum Gasteiger partial charge on any atom is -0.496 e. The average Bonchev–Trinajstić information content (AvgIpc) is 2.81. The van der Waals surface area contributed by atoms with Crippen molar-refractivity contribution < 1.29 is 9.84 Å². The van der Waals surface area contributed by atoms with Gasteiger partial charge in [-0.1, -0.05) is 11.6 Å². The molecule has 0 aliphatic rings. The molecule has 1 atom stereocenters. The van der Waals surface area contributed by atoms with Crippen LogP contribution in [0.5, 0.6) is 5.75 Å². The highest BCUT2D eigenvalue weighted by Crippen LogP contribution is 2.30. The Balaban J connectivity index is 2.23. The van der Waals surface area contributed by atoms with E-state index in [0.29, 0.717) is 22.8 Å². The molecule has 2 aromatic rings. The molecule has 0 saturated carbocycles. The Morgan fingerprint density at radius 1 is 1.53 bits per heavy atom. The Morgan fingerprint density at radius 3 is 3.00 bits per heavy atom. The summed E-state index contributed by atoms with van der Waals surface area (Å²) in [6.07, 6.45) is 1.53. The SMILES string of the molecule is COc1ccc(Cl)cc1C(O)Cc1nccs1. The molecular weight excluding hydrogens is 258 g/mol. The first-order valence-corrected chi connectivity index (χ1v) is 6.36. The number of aromatic nitrogens is 1. The highest BCUT2D eigenvalue weighted by molar-refractivity contribution is 7.09. The molecule has 5 heteroatoms. The number of benzene rings is 1. The molecule has 0 spiro atoms. The molecule has 1 unspecified atom stereocenters. The Morgan fingerprint density at radius 2 is 2.35 bits per heavy atom. The Hall–Kier alpha value is -1.10. The highest BCUT2D eigenvalue weighted by atomic mass is 35.5. The molecule has 0 bridgehead atoms. The summed E-state index contributed by atoms with van der Waals surface area (Å²) in [5.41, 5.74) is 0.690. The number of thiazole rings is 1. The van der Waals surface area contributed by atoms with Crippen LogP contribution in [0.15, 0.2) is 29.8 Å². The van der Waals surface area contributed by atoms with E-state index in [9.17, 15) is 5.11 Å². The molecule has 1 heterocycles. The molecule has 2 rings (SSSR count). The zero-order chi connectivity index (χ0) is 12.3. The van der Waals surface area contributed by atoms with E-state index < -0.39 is 6.10 Å². The molecule has 90 valence electrons. The second kappa shape index (κ2) is 5.49. The van der Waals surface area contributed by atoms with Crippen molar-refractivity contribution in [1.29, 1.82) is 0 Å². The quantitative estimate of drug-likeness (QED) is 0.928. The van der Waals surface area contributed by atoms with Gasteiger partial charge >= 0.3 is 0 Å². The number of halogens is 1. The smallest absolute Gasteiger partial charge is 0.124 e. The van der Waals surface area contributed by atoms with Crippen LogP contribution in [0, 0.1) is 0 Å². The van der Waals surface area contributed by atoms with Crippen LogP contribution in [0.1, 0.15) is 16.7 Å². The van der Waals surface area contributed by atoms with Crippen LogP contribution in [-0.2, 0) is 6.42 Å². The van der Waals surface area contributed by atoms with Gasteiger partial charge in [-0.3, -0.25) is 0 Å². The van der Waals surface area contributed by atoms with E-state index in [-0.39, 0.29) is 0 Å². The molecule has 0 amide bonds. The zero-order valence-corrected chi connectivity index (χ0v) is 10.8. The van der Waals surface area contributed by atoms with Gasteiger partial charge in [0.05, 0.1) is 18.2 Å². The maximum Gasteiger partial charge on any atom is 0.124 e. The Bertz CT molecular complexity index is 487.